The van der Waals surface area contributed by atoms with Gasteiger partial charge in [0, 0.05) is 4.88 Å². The molecule has 8 heteroatoms. The van der Waals surface area contributed by atoms with Crippen molar-refractivity contribution in [2.45, 2.75) is 26.2 Å². The first-order valence-electron chi connectivity index (χ1n) is 8.79. The van der Waals surface area contributed by atoms with E-state index in [-0.39, 0.29) is 5.91 Å². The van der Waals surface area contributed by atoms with Crippen molar-refractivity contribution in [1.29, 1.82) is 5.26 Å². The topological polar surface area (TPSA) is 80.6 Å². The first-order valence-corrected chi connectivity index (χ1v) is 10.4. The number of nitriles is 1. The van der Waals surface area contributed by atoms with Crippen molar-refractivity contribution in [2.24, 2.45) is 5.92 Å². The molecule has 1 aliphatic carbocycles. The molecule has 1 aromatic carbocycles. The predicted molar refractivity (Wildman–Crippen MR) is 112 cm³/mol. The van der Waals surface area contributed by atoms with Crippen molar-refractivity contribution in [2.75, 3.05) is 26.6 Å². The monoisotopic (exact) mass is 464 g/mol. The molecular weight excluding hydrogens is 444 g/mol. The molecule has 148 valence electrons. The van der Waals surface area contributed by atoms with Crippen LogP contribution in [-0.2, 0) is 12.8 Å². The molecule has 28 heavy (non-hydrogen) atoms. The Bertz CT molecular complexity index is 964. The van der Waals surface area contributed by atoms with E-state index in [0.29, 0.717) is 43.8 Å². The van der Waals surface area contributed by atoms with Gasteiger partial charge < -0.3 is 19.5 Å². The van der Waals surface area contributed by atoms with Crippen molar-refractivity contribution >= 4 is 38.2 Å². The van der Waals surface area contributed by atoms with Gasteiger partial charge in [-0.3, -0.25) is 4.79 Å². The molecule has 6 nitrogen and oxygen atoms in total. The van der Waals surface area contributed by atoms with Crippen LogP contribution in [0.15, 0.2) is 10.5 Å². The molecule has 1 amide bonds. The van der Waals surface area contributed by atoms with Gasteiger partial charge in [0.25, 0.3) is 5.91 Å². The number of benzene rings is 1. The van der Waals surface area contributed by atoms with Crippen LogP contribution in [0.1, 0.15) is 39.7 Å². The van der Waals surface area contributed by atoms with Crippen molar-refractivity contribution < 1.29 is 19.0 Å². The van der Waals surface area contributed by atoms with Gasteiger partial charge in [-0.15, -0.1) is 11.3 Å². The Hall–Kier alpha value is -2.24. The Morgan fingerprint density at radius 2 is 2.00 bits per heavy atom. The fraction of sp³-hybridized carbons (Fsp3) is 0.400. The van der Waals surface area contributed by atoms with Gasteiger partial charge in [0.15, 0.2) is 11.5 Å². The first-order chi connectivity index (χ1) is 13.4. The fourth-order valence-corrected chi connectivity index (χ4v) is 5.41. The zero-order valence-electron chi connectivity index (χ0n) is 16.1. The summed E-state index contributed by atoms with van der Waals surface area (Å²) in [7, 11) is 4.49. The minimum absolute atomic E-state index is 0.332. The molecule has 1 aromatic heterocycles. The summed E-state index contributed by atoms with van der Waals surface area (Å²) in [5.74, 6) is 1.38. The van der Waals surface area contributed by atoms with Gasteiger partial charge in [0.1, 0.15) is 11.1 Å². The quantitative estimate of drug-likeness (QED) is 0.687. The minimum Gasteiger partial charge on any atom is -0.493 e. The zero-order chi connectivity index (χ0) is 20.4. The van der Waals surface area contributed by atoms with Crippen LogP contribution in [0.5, 0.6) is 17.2 Å². The number of nitrogens with one attached hydrogen (secondary N) is 1. The Balaban J connectivity index is 2.00. The van der Waals surface area contributed by atoms with Crippen LogP contribution < -0.4 is 19.5 Å². The van der Waals surface area contributed by atoms with Gasteiger partial charge in [-0.25, -0.2) is 0 Å². The van der Waals surface area contributed by atoms with E-state index >= 15 is 0 Å². The highest BCUT2D eigenvalue weighted by Crippen LogP contribution is 2.45. The Morgan fingerprint density at radius 3 is 2.61 bits per heavy atom. The number of nitrogens with zero attached hydrogens (tertiary/aromatic N) is 1. The first kappa shape index (κ1) is 20.5. The summed E-state index contributed by atoms with van der Waals surface area (Å²) in [6, 6.07) is 3.85. The third-order valence-electron chi connectivity index (χ3n) is 4.86. The van der Waals surface area contributed by atoms with Gasteiger partial charge in [0.2, 0.25) is 5.75 Å². The van der Waals surface area contributed by atoms with Crippen LogP contribution in [-0.4, -0.2) is 27.2 Å². The summed E-state index contributed by atoms with van der Waals surface area (Å²) in [5.41, 5.74) is 1.98. The molecule has 1 N–H and O–H groups in total. The van der Waals surface area contributed by atoms with E-state index in [1.807, 2.05) is 0 Å². The molecule has 0 fully saturated rings. The molecule has 0 aliphatic heterocycles. The number of anilines is 1. The molecular formula is C20H21BrN2O4S. The van der Waals surface area contributed by atoms with Gasteiger partial charge in [-0.2, -0.15) is 5.26 Å². The Labute approximate surface area is 176 Å². The highest BCUT2D eigenvalue weighted by atomic mass is 79.9. The smallest absolute Gasteiger partial charge is 0.257 e. The highest BCUT2D eigenvalue weighted by molar-refractivity contribution is 9.10. The van der Waals surface area contributed by atoms with Crippen molar-refractivity contribution in [3.63, 3.8) is 0 Å². The maximum atomic E-state index is 13.0. The second kappa shape index (κ2) is 8.41. The molecule has 0 spiro atoms. The Kier molecular flexibility index (Phi) is 6.16. The number of carbonyl (C=O) groups is 1. The van der Waals surface area contributed by atoms with E-state index in [9.17, 15) is 10.1 Å². The van der Waals surface area contributed by atoms with Crippen molar-refractivity contribution in [1.82, 2.24) is 0 Å². The van der Waals surface area contributed by atoms with Crippen molar-refractivity contribution in [3.05, 3.63) is 32.1 Å². The lowest BCUT2D eigenvalue weighted by molar-refractivity contribution is 0.102. The third kappa shape index (κ3) is 3.56. The number of rotatable bonds is 5. The second-order valence-corrected chi connectivity index (χ2v) is 8.53. The van der Waals surface area contributed by atoms with E-state index in [4.69, 9.17) is 14.2 Å². The third-order valence-corrected chi connectivity index (χ3v) is 6.82. The standard InChI is InChI=1S/C20H21BrN2O4S/c1-10-5-6-11-13(9-22)20(28-15(11)7-10)23-19(24)12-8-14(25-2)17(26-3)18(27-4)16(12)21/h8,10H,5-7H2,1-4H3,(H,23,24). The average molecular weight is 465 g/mol. The molecule has 3 rings (SSSR count). The Morgan fingerprint density at radius 1 is 1.29 bits per heavy atom. The molecule has 1 heterocycles. The SMILES string of the molecule is COc1cc(C(=O)Nc2sc3c(c2C#N)CCC(C)C3)c(Br)c(OC)c1OC. The highest BCUT2D eigenvalue weighted by Gasteiger charge is 2.27. The van der Waals surface area contributed by atoms with E-state index in [2.05, 4.69) is 34.2 Å². The molecule has 0 bridgehead atoms. The predicted octanol–water partition coefficient (Wildman–Crippen LogP) is 4.79. The maximum absolute atomic E-state index is 13.0. The number of thiophene rings is 1. The van der Waals surface area contributed by atoms with Crippen LogP contribution in [0.3, 0.4) is 0 Å². The number of carbonyl (C=O) groups excluding carboxylic acids is 1. The number of methoxy groups -OCH3 is 3. The maximum Gasteiger partial charge on any atom is 0.257 e. The average Bonchev–Trinajstić information content (AvgIpc) is 3.02. The summed E-state index contributed by atoms with van der Waals surface area (Å²) >= 11 is 4.92. The van der Waals surface area contributed by atoms with E-state index in [0.717, 1.165) is 24.8 Å². The largest absolute Gasteiger partial charge is 0.493 e. The van der Waals surface area contributed by atoms with E-state index < -0.39 is 0 Å². The van der Waals surface area contributed by atoms with E-state index in [1.165, 1.54) is 37.5 Å². The molecule has 1 aliphatic rings. The number of amides is 1. The minimum atomic E-state index is -0.353. The molecule has 0 radical (unpaired) electrons. The van der Waals surface area contributed by atoms with E-state index in [1.54, 1.807) is 6.07 Å². The normalized spacial score (nSPS) is 15.4. The lowest BCUT2D eigenvalue weighted by Gasteiger charge is -2.17. The summed E-state index contributed by atoms with van der Waals surface area (Å²) in [5, 5.41) is 13.1. The molecule has 1 unspecified atom stereocenters. The molecule has 0 saturated heterocycles. The number of fused-ring (bicyclic) bond motifs is 1. The molecule has 0 saturated carbocycles. The van der Waals surface area contributed by atoms with Gasteiger partial charge in [-0.05, 0) is 52.7 Å². The number of hydrogen-bond acceptors (Lipinski definition) is 6. The van der Waals surface area contributed by atoms with Crippen LogP contribution in [0.4, 0.5) is 5.00 Å². The molecule has 2 aromatic rings. The lowest BCUT2D eigenvalue weighted by Crippen LogP contribution is -2.14. The van der Waals surface area contributed by atoms with Crippen LogP contribution >= 0.6 is 27.3 Å². The zero-order valence-corrected chi connectivity index (χ0v) is 18.5. The molecule has 1 atom stereocenters. The fourth-order valence-electron chi connectivity index (χ4n) is 3.41. The van der Waals surface area contributed by atoms with Crippen molar-refractivity contribution in [3.8, 4) is 23.3 Å². The van der Waals surface area contributed by atoms with Crippen LogP contribution in [0.2, 0.25) is 0 Å². The van der Waals surface area contributed by atoms with Gasteiger partial charge in [0.05, 0.1) is 36.9 Å². The number of hydrogen-bond donors (Lipinski definition) is 1. The summed E-state index contributed by atoms with van der Waals surface area (Å²) in [6.45, 7) is 2.21. The summed E-state index contributed by atoms with van der Waals surface area (Å²) in [6.07, 6.45) is 2.88. The van der Waals surface area contributed by atoms with Gasteiger partial charge in [-0.1, -0.05) is 6.92 Å². The second-order valence-electron chi connectivity index (χ2n) is 6.63. The summed E-state index contributed by atoms with van der Waals surface area (Å²) < 4.78 is 16.5. The van der Waals surface area contributed by atoms with Crippen LogP contribution in [0, 0.1) is 17.2 Å². The summed E-state index contributed by atoms with van der Waals surface area (Å²) in [4.78, 5) is 14.2. The number of ether oxygens (including phenoxy) is 3. The lowest BCUT2D eigenvalue weighted by atomic mass is 9.88. The number of halogens is 1. The van der Waals surface area contributed by atoms with Gasteiger partial charge >= 0.3 is 0 Å². The van der Waals surface area contributed by atoms with Crippen LogP contribution in [0.25, 0.3) is 0 Å².